The van der Waals surface area contributed by atoms with E-state index in [2.05, 4.69) is 22.5 Å². The Morgan fingerprint density at radius 2 is 1.87 bits per heavy atom. The number of rotatable bonds is 6. The summed E-state index contributed by atoms with van der Waals surface area (Å²) >= 11 is 0. The average Bonchev–Trinajstić information content (AvgIpc) is 2.59. The summed E-state index contributed by atoms with van der Waals surface area (Å²) in [5, 5.41) is 15.4. The number of aliphatic hydroxyl groups excluding tert-OH is 1. The van der Waals surface area contributed by atoms with Crippen LogP contribution in [0.1, 0.15) is 39.0 Å². The first-order chi connectivity index (χ1) is 10.8. The minimum absolute atomic E-state index is 0. The molecule has 1 aliphatic heterocycles. The van der Waals surface area contributed by atoms with Crippen molar-refractivity contribution >= 4 is 29.9 Å². The zero-order valence-corrected chi connectivity index (χ0v) is 16.7. The van der Waals surface area contributed by atoms with Crippen LogP contribution in [0.2, 0.25) is 0 Å². The molecule has 1 heterocycles. The number of hydrogen-bond acceptors (Lipinski definition) is 4. The Labute approximate surface area is 157 Å². The van der Waals surface area contributed by atoms with Crippen LogP contribution in [0.4, 0.5) is 0 Å². The van der Waals surface area contributed by atoms with Gasteiger partial charge in [-0.25, -0.2) is 0 Å². The lowest BCUT2D eigenvalue weighted by Crippen LogP contribution is -2.56. The van der Waals surface area contributed by atoms with Gasteiger partial charge in [0, 0.05) is 31.7 Å². The molecule has 2 rings (SSSR count). The summed E-state index contributed by atoms with van der Waals surface area (Å²) < 4.78 is 5.52. The third-order valence-electron chi connectivity index (χ3n) is 4.75. The highest BCUT2D eigenvalue weighted by Gasteiger charge is 2.38. The first-order valence-electron chi connectivity index (χ1n) is 8.76. The second-order valence-corrected chi connectivity index (χ2v) is 6.23. The van der Waals surface area contributed by atoms with Crippen LogP contribution in [0.15, 0.2) is 4.99 Å². The van der Waals surface area contributed by atoms with Crippen molar-refractivity contribution in [1.29, 1.82) is 0 Å². The molecule has 0 aromatic heterocycles. The zero-order valence-electron chi connectivity index (χ0n) is 14.4. The molecular weight excluding hydrogens is 407 g/mol. The van der Waals surface area contributed by atoms with Crippen molar-refractivity contribution in [3.05, 3.63) is 0 Å². The molecule has 0 aromatic carbocycles. The molecule has 0 amide bonds. The van der Waals surface area contributed by atoms with E-state index < -0.39 is 0 Å². The highest BCUT2D eigenvalue weighted by Crippen LogP contribution is 2.34. The van der Waals surface area contributed by atoms with E-state index in [1.165, 1.54) is 32.1 Å². The molecule has 0 spiro atoms. The normalized spacial score (nSPS) is 22.3. The monoisotopic (exact) mass is 440 g/mol. The Morgan fingerprint density at radius 1 is 1.17 bits per heavy atom. The van der Waals surface area contributed by atoms with Gasteiger partial charge < -0.3 is 20.5 Å². The maximum Gasteiger partial charge on any atom is 0.191 e. The van der Waals surface area contributed by atoms with Gasteiger partial charge in [-0.15, -0.1) is 24.0 Å². The van der Waals surface area contributed by atoms with Gasteiger partial charge in [0.25, 0.3) is 0 Å². The van der Waals surface area contributed by atoms with Gasteiger partial charge in [0.15, 0.2) is 5.96 Å². The lowest BCUT2D eigenvalue weighted by atomic mass is 9.80. The van der Waals surface area contributed by atoms with Crippen molar-refractivity contribution in [3.63, 3.8) is 0 Å². The number of morpholine rings is 1. The van der Waals surface area contributed by atoms with Gasteiger partial charge in [0.05, 0.1) is 26.4 Å². The Hall–Kier alpha value is -0.120. The maximum atomic E-state index is 8.99. The van der Waals surface area contributed by atoms with E-state index in [-0.39, 0.29) is 36.1 Å². The molecule has 0 bridgehead atoms. The molecule has 1 saturated heterocycles. The molecule has 2 fully saturated rings. The first-order valence-corrected chi connectivity index (χ1v) is 8.76. The summed E-state index contributed by atoms with van der Waals surface area (Å²) in [6.45, 7) is 8.12. The van der Waals surface area contributed by atoms with Crippen molar-refractivity contribution in [3.8, 4) is 0 Å². The molecule has 2 aliphatic rings. The number of nitrogens with one attached hydrogen (secondary N) is 2. The minimum atomic E-state index is 0. The molecule has 1 aliphatic carbocycles. The van der Waals surface area contributed by atoms with Crippen LogP contribution < -0.4 is 10.6 Å². The third kappa shape index (κ3) is 6.36. The Balaban J connectivity index is 0.00000264. The fourth-order valence-corrected chi connectivity index (χ4v) is 3.56. The third-order valence-corrected chi connectivity index (χ3v) is 4.75. The average molecular weight is 440 g/mol. The summed E-state index contributed by atoms with van der Waals surface area (Å²) in [6.07, 6.45) is 6.41. The van der Waals surface area contributed by atoms with Crippen LogP contribution in [0.5, 0.6) is 0 Å². The predicted molar refractivity (Wildman–Crippen MR) is 105 cm³/mol. The van der Waals surface area contributed by atoms with E-state index in [0.717, 1.165) is 45.4 Å². The van der Waals surface area contributed by atoms with E-state index in [1.54, 1.807) is 0 Å². The Morgan fingerprint density at radius 3 is 2.48 bits per heavy atom. The Kier molecular flexibility index (Phi) is 10.4. The highest BCUT2D eigenvalue weighted by atomic mass is 127. The lowest BCUT2D eigenvalue weighted by molar-refractivity contribution is -0.0333. The van der Waals surface area contributed by atoms with E-state index in [0.29, 0.717) is 6.54 Å². The van der Waals surface area contributed by atoms with Crippen molar-refractivity contribution < 1.29 is 9.84 Å². The number of nitrogens with zero attached hydrogens (tertiary/aromatic N) is 2. The fourth-order valence-electron chi connectivity index (χ4n) is 3.56. The zero-order chi connectivity index (χ0) is 15.7. The molecular formula is C16H33IN4O2. The first kappa shape index (κ1) is 20.9. The Bertz CT molecular complexity index is 343. The molecule has 136 valence electrons. The van der Waals surface area contributed by atoms with Crippen LogP contribution in [0.25, 0.3) is 0 Å². The summed E-state index contributed by atoms with van der Waals surface area (Å²) in [5.41, 5.74) is 0.198. The van der Waals surface area contributed by atoms with Gasteiger partial charge in [0.1, 0.15) is 0 Å². The molecule has 1 saturated carbocycles. The van der Waals surface area contributed by atoms with E-state index in [1.807, 2.05) is 0 Å². The maximum absolute atomic E-state index is 8.99. The molecule has 7 heteroatoms. The summed E-state index contributed by atoms with van der Waals surface area (Å²) in [7, 11) is 0. The standard InChI is InChI=1S/C16H32N4O2.HI/c1-2-17-15(18-8-11-21)19-14-16(6-4-3-5-7-16)20-9-12-22-13-10-20;/h21H,2-14H2,1H3,(H2,17,18,19);1H. The van der Waals surface area contributed by atoms with Crippen LogP contribution in [0.3, 0.4) is 0 Å². The van der Waals surface area contributed by atoms with Gasteiger partial charge in [-0.2, -0.15) is 0 Å². The molecule has 0 radical (unpaired) electrons. The number of hydrogen-bond donors (Lipinski definition) is 3. The number of ether oxygens (including phenoxy) is 1. The van der Waals surface area contributed by atoms with E-state index >= 15 is 0 Å². The van der Waals surface area contributed by atoms with Gasteiger partial charge in [-0.1, -0.05) is 19.3 Å². The molecule has 23 heavy (non-hydrogen) atoms. The number of aliphatic hydroxyl groups is 1. The second kappa shape index (κ2) is 11.4. The van der Waals surface area contributed by atoms with Crippen LogP contribution in [0, 0.1) is 0 Å². The van der Waals surface area contributed by atoms with Crippen molar-refractivity contribution in [1.82, 2.24) is 15.5 Å². The van der Waals surface area contributed by atoms with E-state index in [4.69, 9.17) is 14.8 Å². The number of aliphatic imine (C=N–C) groups is 1. The second-order valence-electron chi connectivity index (χ2n) is 6.23. The fraction of sp³-hybridized carbons (Fsp3) is 0.938. The number of guanidine groups is 1. The predicted octanol–water partition coefficient (Wildman–Crippen LogP) is 1.19. The highest BCUT2D eigenvalue weighted by molar-refractivity contribution is 14.0. The van der Waals surface area contributed by atoms with Crippen LogP contribution >= 0.6 is 24.0 Å². The van der Waals surface area contributed by atoms with Gasteiger partial charge in [0.2, 0.25) is 0 Å². The largest absolute Gasteiger partial charge is 0.395 e. The molecule has 3 N–H and O–H groups in total. The van der Waals surface area contributed by atoms with Crippen LogP contribution in [-0.4, -0.2) is 74.0 Å². The smallest absolute Gasteiger partial charge is 0.191 e. The summed E-state index contributed by atoms with van der Waals surface area (Å²) in [5.74, 6) is 0.815. The van der Waals surface area contributed by atoms with Crippen LogP contribution in [-0.2, 0) is 4.74 Å². The number of halogens is 1. The quantitative estimate of drug-likeness (QED) is 0.329. The lowest BCUT2D eigenvalue weighted by Gasteiger charge is -2.47. The molecule has 0 unspecified atom stereocenters. The topological polar surface area (TPSA) is 69.1 Å². The van der Waals surface area contributed by atoms with Gasteiger partial charge in [-0.05, 0) is 19.8 Å². The molecule has 6 nitrogen and oxygen atoms in total. The van der Waals surface area contributed by atoms with Crippen molar-refractivity contribution in [2.24, 2.45) is 4.99 Å². The van der Waals surface area contributed by atoms with E-state index in [9.17, 15) is 0 Å². The SMILES string of the molecule is CCNC(=NCC1(N2CCOCC2)CCCCC1)NCCO.I. The summed E-state index contributed by atoms with van der Waals surface area (Å²) in [6, 6.07) is 0. The minimum Gasteiger partial charge on any atom is -0.395 e. The van der Waals surface area contributed by atoms with Crippen molar-refractivity contribution in [2.75, 3.05) is 52.5 Å². The van der Waals surface area contributed by atoms with Crippen molar-refractivity contribution in [2.45, 2.75) is 44.6 Å². The molecule has 0 aromatic rings. The summed E-state index contributed by atoms with van der Waals surface area (Å²) in [4.78, 5) is 7.43. The van der Waals surface area contributed by atoms with Gasteiger partial charge >= 0.3 is 0 Å². The molecule has 0 atom stereocenters. The van der Waals surface area contributed by atoms with Gasteiger partial charge in [-0.3, -0.25) is 9.89 Å².